The highest BCUT2D eigenvalue weighted by molar-refractivity contribution is 7.29. The van der Waals surface area contributed by atoms with Gasteiger partial charge in [0.05, 0.1) is 9.58 Å². The average molecular weight is 273 g/mol. The molecule has 0 radical (unpaired) electrons. The molecule has 1 amide bonds. The Bertz CT molecular complexity index is 531. The van der Waals surface area contributed by atoms with Crippen LogP contribution in [0.5, 0.6) is 0 Å². The highest BCUT2D eigenvalue weighted by Crippen LogP contribution is 2.34. The zero-order chi connectivity index (χ0) is 11.3. The number of carbonyl (C=O) groups is 1. The number of thiazole rings is 1. The van der Waals surface area contributed by atoms with E-state index in [1.165, 1.54) is 22.7 Å². The third-order valence-corrected chi connectivity index (χ3v) is 4.98. The van der Waals surface area contributed by atoms with Gasteiger partial charge in [-0.2, -0.15) is 0 Å². The molecule has 1 aliphatic carbocycles. The van der Waals surface area contributed by atoms with Crippen LogP contribution < -0.4 is 5.32 Å². The number of fused-ring (bicyclic) bond motifs is 1. The predicted octanol–water partition coefficient (Wildman–Crippen LogP) is 3.15. The minimum Gasteiger partial charge on any atom is -0.348 e. The number of nitrogens with one attached hydrogen (secondary N) is 1. The molecular weight excluding hydrogens is 264 g/mol. The molecule has 16 heavy (non-hydrogen) atoms. The van der Waals surface area contributed by atoms with E-state index < -0.39 is 0 Å². The SMILES string of the molecule is C[C@H]1C[C@@H]1NC(=O)c1cc2sc(Cl)nc2s1. The van der Waals surface area contributed by atoms with Crippen molar-refractivity contribution in [3.05, 3.63) is 15.4 Å². The fraction of sp³-hybridized carbons (Fsp3) is 0.400. The second kappa shape index (κ2) is 3.68. The first-order valence-electron chi connectivity index (χ1n) is 5.00. The molecule has 3 nitrogen and oxygen atoms in total. The Hall–Kier alpha value is -0.650. The van der Waals surface area contributed by atoms with E-state index in [1.54, 1.807) is 0 Å². The molecule has 2 aromatic rings. The van der Waals surface area contributed by atoms with Crippen molar-refractivity contribution in [3.8, 4) is 0 Å². The van der Waals surface area contributed by atoms with E-state index in [0.717, 1.165) is 20.8 Å². The molecule has 0 spiro atoms. The van der Waals surface area contributed by atoms with E-state index in [2.05, 4.69) is 17.2 Å². The maximum atomic E-state index is 11.8. The molecule has 0 saturated heterocycles. The molecule has 0 aromatic carbocycles. The quantitative estimate of drug-likeness (QED) is 0.913. The van der Waals surface area contributed by atoms with Crippen LogP contribution in [0.15, 0.2) is 6.07 Å². The van der Waals surface area contributed by atoms with E-state index in [-0.39, 0.29) is 5.91 Å². The van der Waals surface area contributed by atoms with Crippen LogP contribution in [-0.2, 0) is 0 Å². The first-order valence-corrected chi connectivity index (χ1v) is 7.01. The van der Waals surface area contributed by atoms with Crippen molar-refractivity contribution in [2.75, 3.05) is 0 Å². The van der Waals surface area contributed by atoms with Gasteiger partial charge in [0, 0.05) is 6.04 Å². The number of nitrogens with zero attached hydrogens (tertiary/aromatic N) is 1. The van der Waals surface area contributed by atoms with Gasteiger partial charge in [-0.3, -0.25) is 4.79 Å². The molecule has 0 aliphatic heterocycles. The van der Waals surface area contributed by atoms with Crippen LogP contribution in [-0.4, -0.2) is 16.9 Å². The number of rotatable bonds is 2. The lowest BCUT2D eigenvalue weighted by molar-refractivity contribution is 0.0953. The molecule has 2 atom stereocenters. The van der Waals surface area contributed by atoms with Gasteiger partial charge in [0.1, 0.15) is 4.83 Å². The number of carbonyl (C=O) groups excluding carboxylic acids is 1. The van der Waals surface area contributed by atoms with Crippen molar-refractivity contribution in [2.45, 2.75) is 19.4 Å². The molecule has 0 bridgehead atoms. The zero-order valence-electron chi connectivity index (χ0n) is 8.49. The molecule has 3 rings (SSSR count). The molecule has 1 N–H and O–H groups in total. The number of thiophene rings is 1. The van der Waals surface area contributed by atoms with E-state index >= 15 is 0 Å². The lowest BCUT2D eigenvalue weighted by atomic mass is 10.4. The molecular formula is C10H9ClN2OS2. The van der Waals surface area contributed by atoms with E-state index in [4.69, 9.17) is 11.6 Å². The van der Waals surface area contributed by atoms with Gasteiger partial charge in [0.2, 0.25) is 0 Å². The third-order valence-electron chi connectivity index (χ3n) is 2.71. The normalized spacial score (nSPS) is 23.6. The number of amides is 1. The van der Waals surface area contributed by atoms with E-state index in [1.807, 2.05) is 6.07 Å². The fourth-order valence-electron chi connectivity index (χ4n) is 1.58. The number of aromatic nitrogens is 1. The van der Waals surface area contributed by atoms with Crippen molar-refractivity contribution < 1.29 is 4.79 Å². The second-order valence-corrected chi connectivity index (χ2v) is 6.68. The van der Waals surface area contributed by atoms with Crippen LogP contribution in [0.25, 0.3) is 9.53 Å². The summed E-state index contributed by atoms with van der Waals surface area (Å²) in [5.74, 6) is 0.637. The summed E-state index contributed by atoms with van der Waals surface area (Å²) < 4.78 is 1.52. The number of hydrogen-bond acceptors (Lipinski definition) is 4. The van der Waals surface area contributed by atoms with Gasteiger partial charge in [-0.15, -0.1) is 22.7 Å². The highest BCUT2D eigenvalue weighted by Gasteiger charge is 2.34. The maximum Gasteiger partial charge on any atom is 0.261 e. The van der Waals surface area contributed by atoms with E-state index in [0.29, 0.717) is 16.4 Å². The summed E-state index contributed by atoms with van der Waals surface area (Å²) in [7, 11) is 0. The Morgan fingerprint density at radius 2 is 2.38 bits per heavy atom. The third kappa shape index (κ3) is 1.83. The summed E-state index contributed by atoms with van der Waals surface area (Å²) in [5, 5.41) is 3.00. The number of hydrogen-bond donors (Lipinski definition) is 1. The standard InChI is InChI=1S/C10H9ClN2OS2/c1-4-2-5(4)12-8(14)6-3-7-9(15-6)13-10(11)16-7/h3-5H,2H2,1H3,(H,12,14)/t4-,5-/m0/s1. The van der Waals surface area contributed by atoms with Crippen LogP contribution >= 0.6 is 34.3 Å². The minimum absolute atomic E-state index is 0.0145. The summed E-state index contributed by atoms with van der Waals surface area (Å²) in [4.78, 5) is 17.6. The molecule has 84 valence electrons. The summed E-state index contributed by atoms with van der Waals surface area (Å²) in [6.07, 6.45) is 1.09. The lowest BCUT2D eigenvalue weighted by Gasteiger charge is -1.99. The van der Waals surface area contributed by atoms with Crippen molar-refractivity contribution in [3.63, 3.8) is 0 Å². The predicted molar refractivity (Wildman–Crippen MR) is 67.5 cm³/mol. The monoisotopic (exact) mass is 272 g/mol. The van der Waals surface area contributed by atoms with Gasteiger partial charge in [-0.05, 0) is 18.4 Å². The van der Waals surface area contributed by atoms with Gasteiger partial charge in [0.25, 0.3) is 5.91 Å². The first kappa shape index (κ1) is 10.5. The number of halogens is 1. The molecule has 2 aromatic heterocycles. The van der Waals surface area contributed by atoms with Gasteiger partial charge in [-0.25, -0.2) is 4.98 Å². The van der Waals surface area contributed by atoms with Crippen LogP contribution in [0, 0.1) is 5.92 Å². The molecule has 1 saturated carbocycles. The van der Waals surface area contributed by atoms with Gasteiger partial charge < -0.3 is 5.32 Å². The Morgan fingerprint density at radius 3 is 3.00 bits per heavy atom. The summed E-state index contributed by atoms with van der Waals surface area (Å²) in [5.41, 5.74) is 0. The second-order valence-electron chi connectivity index (χ2n) is 4.04. The Kier molecular flexibility index (Phi) is 2.42. The smallest absolute Gasteiger partial charge is 0.261 e. The molecule has 0 unspecified atom stereocenters. The highest BCUT2D eigenvalue weighted by atomic mass is 35.5. The molecule has 2 heterocycles. The van der Waals surface area contributed by atoms with Crippen LogP contribution in [0.3, 0.4) is 0 Å². The van der Waals surface area contributed by atoms with Gasteiger partial charge in [0.15, 0.2) is 4.47 Å². The Morgan fingerprint density at radius 1 is 1.62 bits per heavy atom. The van der Waals surface area contributed by atoms with Crippen LogP contribution in [0.4, 0.5) is 0 Å². The lowest BCUT2D eigenvalue weighted by Crippen LogP contribution is -2.25. The fourth-order valence-corrected chi connectivity index (χ4v) is 3.81. The maximum absolute atomic E-state index is 11.8. The Labute approximate surface area is 105 Å². The molecule has 1 aliphatic rings. The zero-order valence-corrected chi connectivity index (χ0v) is 10.9. The minimum atomic E-state index is 0.0145. The Balaban J connectivity index is 1.82. The summed E-state index contributed by atoms with van der Waals surface area (Å²) in [6.45, 7) is 2.14. The van der Waals surface area contributed by atoms with Gasteiger partial charge >= 0.3 is 0 Å². The first-order chi connectivity index (χ1) is 7.63. The van der Waals surface area contributed by atoms with Crippen LogP contribution in [0.1, 0.15) is 23.0 Å². The van der Waals surface area contributed by atoms with Crippen molar-refractivity contribution in [1.82, 2.24) is 10.3 Å². The summed E-state index contributed by atoms with van der Waals surface area (Å²) >= 11 is 8.59. The molecule has 1 fully saturated rings. The summed E-state index contributed by atoms with van der Waals surface area (Å²) in [6, 6.07) is 2.23. The van der Waals surface area contributed by atoms with Crippen LogP contribution in [0.2, 0.25) is 4.47 Å². The average Bonchev–Trinajstić information content (AvgIpc) is 2.61. The molecule has 6 heteroatoms. The largest absolute Gasteiger partial charge is 0.348 e. The van der Waals surface area contributed by atoms with Crippen molar-refractivity contribution in [2.24, 2.45) is 5.92 Å². The van der Waals surface area contributed by atoms with Crippen molar-refractivity contribution in [1.29, 1.82) is 0 Å². The topological polar surface area (TPSA) is 42.0 Å². The van der Waals surface area contributed by atoms with E-state index in [9.17, 15) is 4.79 Å². The van der Waals surface area contributed by atoms with Gasteiger partial charge in [-0.1, -0.05) is 18.5 Å². The van der Waals surface area contributed by atoms with Crippen molar-refractivity contribution >= 4 is 49.7 Å².